The van der Waals surface area contributed by atoms with Crippen LogP contribution in [0.25, 0.3) is 0 Å². The van der Waals surface area contributed by atoms with Crippen molar-refractivity contribution in [1.29, 1.82) is 0 Å². The number of ether oxygens (including phenoxy) is 1. The number of carbonyl (C=O) groups excluding carboxylic acids is 1. The van der Waals surface area contributed by atoms with Crippen molar-refractivity contribution in [3.8, 4) is 5.88 Å². The molecule has 0 amide bonds. The molecule has 1 atom stereocenters. The molecule has 37 heavy (non-hydrogen) atoms. The van der Waals surface area contributed by atoms with Crippen molar-refractivity contribution in [2.24, 2.45) is 5.92 Å². The Hall–Kier alpha value is -2.55. The van der Waals surface area contributed by atoms with E-state index in [-0.39, 0.29) is 17.6 Å². The Balaban J connectivity index is 1.24. The maximum Gasteiger partial charge on any atom is 0.425 e. The van der Waals surface area contributed by atoms with E-state index >= 15 is 4.39 Å². The third-order valence-electron chi connectivity index (χ3n) is 7.82. The summed E-state index contributed by atoms with van der Waals surface area (Å²) in [5.74, 6) is 0.265. The smallest absolute Gasteiger partial charge is 0.425 e. The fraction of sp³-hybridized carbons (Fsp3) is 0.607. The number of carbonyl (C=O) groups is 1. The number of Topliss-reactive ketones (excluding diaryl/α,β-unsaturated/α-hetero) is 1. The number of pyridine rings is 2. The Morgan fingerprint density at radius 1 is 1.19 bits per heavy atom. The Morgan fingerprint density at radius 2 is 1.92 bits per heavy atom. The van der Waals surface area contributed by atoms with Gasteiger partial charge in [0.25, 0.3) is 0 Å². The second-order valence-corrected chi connectivity index (χ2v) is 10.5. The van der Waals surface area contributed by atoms with E-state index in [0.29, 0.717) is 70.0 Å². The molecule has 0 spiro atoms. The third kappa shape index (κ3) is 7.27. The molecule has 1 saturated carbocycles. The molecule has 0 radical (unpaired) electrons. The molecule has 1 aliphatic carbocycles. The molecule has 2 aliphatic rings. The van der Waals surface area contributed by atoms with Crippen LogP contribution in [0.3, 0.4) is 0 Å². The predicted molar refractivity (Wildman–Crippen MR) is 133 cm³/mol. The highest BCUT2D eigenvalue weighted by molar-refractivity contribution is 5.97. The van der Waals surface area contributed by atoms with Gasteiger partial charge in [0.2, 0.25) is 5.88 Å². The van der Waals surface area contributed by atoms with Crippen LogP contribution < -0.4 is 4.74 Å². The average molecular weight is 522 g/mol. The highest BCUT2D eigenvalue weighted by atomic mass is 19.4. The number of aryl methyl sites for hydroxylation is 1. The lowest BCUT2D eigenvalue weighted by Crippen LogP contribution is -2.36. The minimum Gasteiger partial charge on any atom is -0.465 e. The molecule has 1 aliphatic heterocycles. The van der Waals surface area contributed by atoms with Gasteiger partial charge in [-0.2, -0.15) is 13.2 Å². The second kappa shape index (κ2) is 11.5. The second-order valence-electron chi connectivity index (χ2n) is 10.5. The lowest BCUT2D eigenvalue weighted by Gasteiger charge is -2.35. The maximum atomic E-state index is 15.6. The molecule has 0 saturated heterocycles. The average Bonchev–Trinajstić information content (AvgIpc) is 3.06. The fourth-order valence-electron chi connectivity index (χ4n) is 5.30. The van der Waals surface area contributed by atoms with E-state index in [4.69, 9.17) is 4.74 Å². The number of alkyl halides is 4. The van der Waals surface area contributed by atoms with Crippen LogP contribution in [0.5, 0.6) is 5.88 Å². The largest absolute Gasteiger partial charge is 0.465 e. The highest BCUT2D eigenvalue weighted by Gasteiger charge is 2.39. The van der Waals surface area contributed by atoms with Gasteiger partial charge in [-0.1, -0.05) is 6.07 Å². The standard InChI is InChI=1S/C28H35F4N3O2/c1-19-23(4-3-14-33-19)25(36)18-21-7-11-27(29,12-8-21)13-17-35-15-9-22-5-6-26(34-24(22)10-16-35)37-20(2)28(30,31)32/h3-6,14,20-21H,7-13,15-18H2,1-2H3/t20-,21?,27?/m1/s1. The molecule has 2 aromatic heterocycles. The summed E-state index contributed by atoms with van der Waals surface area (Å²) in [4.78, 5) is 23.4. The van der Waals surface area contributed by atoms with Crippen LogP contribution in [0.15, 0.2) is 30.5 Å². The van der Waals surface area contributed by atoms with Gasteiger partial charge in [0, 0.05) is 61.7 Å². The van der Waals surface area contributed by atoms with Crippen LogP contribution in [-0.4, -0.2) is 58.2 Å². The predicted octanol–water partition coefficient (Wildman–Crippen LogP) is 6.08. The number of hydrogen-bond acceptors (Lipinski definition) is 5. The fourth-order valence-corrected chi connectivity index (χ4v) is 5.30. The summed E-state index contributed by atoms with van der Waals surface area (Å²) in [5, 5.41) is 0. The SMILES string of the molecule is Cc1ncccc1C(=O)CC1CCC(F)(CCN2CCc3ccc(O[C@H](C)C(F)(F)F)nc3CC2)CC1. The molecule has 0 N–H and O–H groups in total. The molecule has 202 valence electrons. The monoisotopic (exact) mass is 521 g/mol. The Labute approximate surface area is 215 Å². The molecule has 3 heterocycles. The van der Waals surface area contributed by atoms with Crippen LogP contribution >= 0.6 is 0 Å². The van der Waals surface area contributed by atoms with Crippen molar-refractivity contribution in [2.75, 3.05) is 19.6 Å². The topological polar surface area (TPSA) is 55.3 Å². The first-order valence-electron chi connectivity index (χ1n) is 13.1. The summed E-state index contributed by atoms with van der Waals surface area (Å²) in [6.45, 7) is 4.85. The minimum atomic E-state index is -4.44. The minimum absolute atomic E-state index is 0.0198. The van der Waals surface area contributed by atoms with Crippen LogP contribution in [0, 0.1) is 12.8 Å². The zero-order chi connectivity index (χ0) is 26.6. The summed E-state index contributed by atoms with van der Waals surface area (Å²) in [5.41, 5.74) is 1.91. The number of halogens is 4. The molecule has 4 rings (SSSR count). The van der Waals surface area contributed by atoms with Crippen molar-refractivity contribution in [2.45, 2.75) is 83.2 Å². The van der Waals surface area contributed by atoms with Gasteiger partial charge in [-0.3, -0.25) is 9.78 Å². The number of rotatable bonds is 8. The molecular weight excluding hydrogens is 486 g/mol. The Bertz CT molecular complexity index is 1080. The molecule has 0 aromatic carbocycles. The first-order valence-corrected chi connectivity index (χ1v) is 13.1. The van der Waals surface area contributed by atoms with Gasteiger partial charge >= 0.3 is 6.18 Å². The van der Waals surface area contributed by atoms with Crippen LogP contribution in [0.1, 0.15) is 72.8 Å². The first-order chi connectivity index (χ1) is 17.5. The summed E-state index contributed by atoms with van der Waals surface area (Å²) < 4.78 is 59.1. The number of hydrogen-bond donors (Lipinski definition) is 0. The lowest BCUT2D eigenvalue weighted by atomic mass is 9.76. The van der Waals surface area contributed by atoms with Crippen LogP contribution in [0.2, 0.25) is 0 Å². The zero-order valence-corrected chi connectivity index (χ0v) is 21.5. The van der Waals surface area contributed by atoms with Crippen molar-refractivity contribution >= 4 is 5.78 Å². The van der Waals surface area contributed by atoms with E-state index in [1.165, 1.54) is 6.07 Å². The normalized spacial score (nSPS) is 23.7. The third-order valence-corrected chi connectivity index (χ3v) is 7.82. The van der Waals surface area contributed by atoms with Crippen molar-refractivity contribution < 1.29 is 27.1 Å². The van der Waals surface area contributed by atoms with E-state index < -0.39 is 17.9 Å². The van der Waals surface area contributed by atoms with Crippen molar-refractivity contribution in [3.05, 3.63) is 53.0 Å². The summed E-state index contributed by atoms with van der Waals surface area (Å²) in [6.07, 6.45) is -0.173. The van der Waals surface area contributed by atoms with E-state index in [1.807, 2.05) is 6.92 Å². The molecular formula is C28H35F4N3O2. The van der Waals surface area contributed by atoms with Gasteiger partial charge in [-0.25, -0.2) is 9.37 Å². The van der Waals surface area contributed by atoms with E-state index in [1.54, 1.807) is 24.4 Å². The number of fused-ring (bicyclic) bond motifs is 1. The van der Waals surface area contributed by atoms with E-state index in [9.17, 15) is 18.0 Å². The number of nitrogens with zero attached hydrogens (tertiary/aromatic N) is 3. The first kappa shape index (κ1) is 27.5. The van der Waals surface area contributed by atoms with E-state index in [2.05, 4.69) is 14.9 Å². The summed E-state index contributed by atoms with van der Waals surface area (Å²) in [7, 11) is 0. The van der Waals surface area contributed by atoms with Crippen LogP contribution in [0.4, 0.5) is 17.6 Å². The number of ketones is 1. The van der Waals surface area contributed by atoms with Gasteiger partial charge in [0.15, 0.2) is 11.9 Å². The van der Waals surface area contributed by atoms with Crippen molar-refractivity contribution in [3.63, 3.8) is 0 Å². The summed E-state index contributed by atoms with van der Waals surface area (Å²) >= 11 is 0. The van der Waals surface area contributed by atoms with E-state index in [0.717, 1.165) is 30.4 Å². The molecule has 5 nitrogen and oxygen atoms in total. The lowest BCUT2D eigenvalue weighted by molar-refractivity contribution is -0.190. The number of aromatic nitrogens is 2. The molecule has 0 unspecified atom stereocenters. The van der Waals surface area contributed by atoms with Gasteiger partial charge in [0.05, 0.1) is 0 Å². The molecule has 1 fully saturated rings. The zero-order valence-electron chi connectivity index (χ0n) is 21.5. The summed E-state index contributed by atoms with van der Waals surface area (Å²) in [6, 6.07) is 6.85. The molecule has 2 aromatic rings. The van der Waals surface area contributed by atoms with Gasteiger partial charge in [-0.05, 0) is 76.0 Å². The molecule has 9 heteroatoms. The quantitative estimate of drug-likeness (QED) is 0.312. The highest BCUT2D eigenvalue weighted by Crippen LogP contribution is 2.39. The van der Waals surface area contributed by atoms with Gasteiger partial charge in [0.1, 0.15) is 5.67 Å². The Morgan fingerprint density at radius 3 is 2.62 bits per heavy atom. The van der Waals surface area contributed by atoms with Gasteiger partial charge in [-0.15, -0.1) is 0 Å². The Kier molecular flexibility index (Phi) is 8.51. The molecule has 0 bridgehead atoms. The van der Waals surface area contributed by atoms with Crippen molar-refractivity contribution in [1.82, 2.24) is 14.9 Å². The van der Waals surface area contributed by atoms with Gasteiger partial charge < -0.3 is 9.64 Å². The maximum absolute atomic E-state index is 15.6. The van der Waals surface area contributed by atoms with Crippen LogP contribution in [-0.2, 0) is 12.8 Å².